The van der Waals surface area contributed by atoms with Crippen LogP contribution in [-0.2, 0) is 0 Å². The summed E-state index contributed by atoms with van der Waals surface area (Å²) in [5.74, 6) is 2.27. The highest BCUT2D eigenvalue weighted by Gasteiger charge is 2.33. The third-order valence-electron chi connectivity index (χ3n) is 11.1. The van der Waals surface area contributed by atoms with E-state index in [4.69, 9.17) is 19.4 Å². The van der Waals surface area contributed by atoms with Crippen LogP contribution < -0.4 is 4.90 Å². The molecule has 2 aromatic heterocycles. The number of allylic oxidation sites excluding steroid dienone is 6. The maximum absolute atomic E-state index is 6.73. The maximum atomic E-state index is 6.73. The lowest BCUT2D eigenvalue weighted by molar-refractivity contribution is 0.669. The molecule has 0 fully saturated rings. The van der Waals surface area contributed by atoms with E-state index in [9.17, 15) is 0 Å². The van der Waals surface area contributed by atoms with Gasteiger partial charge in [-0.3, -0.25) is 0 Å². The van der Waals surface area contributed by atoms with Crippen molar-refractivity contribution in [2.75, 3.05) is 4.90 Å². The van der Waals surface area contributed by atoms with E-state index >= 15 is 0 Å². The fourth-order valence-electron chi connectivity index (χ4n) is 8.37. The Labute approximate surface area is 335 Å². The van der Waals surface area contributed by atoms with Crippen molar-refractivity contribution in [3.8, 4) is 33.9 Å². The highest BCUT2D eigenvalue weighted by atomic mass is 32.2. The smallest absolute Gasteiger partial charge is 0.167 e. The molecule has 2 atom stereocenters. The van der Waals surface area contributed by atoms with Gasteiger partial charge in [-0.05, 0) is 84.1 Å². The number of thioether (sulfide) groups is 1. The average molecular weight is 753 g/mol. The van der Waals surface area contributed by atoms with Crippen LogP contribution in [0, 0.1) is 0 Å². The lowest BCUT2D eigenvalue weighted by Crippen LogP contribution is -2.20. The van der Waals surface area contributed by atoms with E-state index in [1.165, 1.54) is 16.2 Å². The molecule has 1 aliphatic heterocycles. The van der Waals surface area contributed by atoms with Gasteiger partial charge >= 0.3 is 0 Å². The number of anilines is 2. The summed E-state index contributed by atoms with van der Waals surface area (Å²) in [5.41, 5.74) is 11.4. The molecule has 0 amide bonds. The van der Waals surface area contributed by atoms with Crippen LogP contribution in [0.25, 0.3) is 61.4 Å². The van der Waals surface area contributed by atoms with Gasteiger partial charge in [-0.15, -0.1) is 11.8 Å². The molecular formula is C51H36N4OS. The Morgan fingerprint density at radius 3 is 2.16 bits per heavy atom. The van der Waals surface area contributed by atoms with Crippen molar-refractivity contribution in [2.24, 2.45) is 0 Å². The van der Waals surface area contributed by atoms with Crippen LogP contribution in [0.2, 0.25) is 0 Å². The molecule has 0 saturated heterocycles. The number of hydrogen-bond donors (Lipinski definition) is 0. The summed E-state index contributed by atoms with van der Waals surface area (Å²) in [6, 6.07) is 51.1. The molecule has 8 aromatic rings. The molecule has 272 valence electrons. The lowest BCUT2D eigenvalue weighted by atomic mass is 9.91. The van der Waals surface area contributed by atoms with Gasteiger partial charge in [-0.25, -0.2) is 15.0 Å². The van der Waals surface area contributed by atoms with E-state index in [1.807, 2.05) is 54.2 Å². The van der Waals surface area contributed by atoms with Crippen molar-refractivity contribution in [1.29, 1.82) is 0 Å². The van der Waals surface area contributed by atoms with Crippen LogP contribution in [0.5, 0.6) is 0 Å². The molecule has 0 saturated carbocycles. The molecule has 11 rings (SSSR count). The third kappa shape index (κ3) is 6.01. The van der Waals surface area contributed by atoms with E-state index < -0.39 is 0 Å². The zero-order chi connectivity index (χ0) is 37.7. The average Bonchev–Trinajstić information content (AvgIpc) is 3.86. The molecule has 2 unspecified atom stereocenters. The van der Waals surface area contributed by atoms with Crippen molar-refractivity contribution >= 4 is 50.6 Å². The summed E-state index contributed by atoms with van der Waals surface area (Å²) in [6.07, 6.45) is 15.6. The maximum Gasteiger partial charge on any atom is 0.167 e. The molecule has 0 bridgehead atoms. The second-order valence-electron chi connectivity index (χ2n) is 14.6. The number of hydrogen-bond acceptors (Lipinski definition) is 6. The van der Waals surface area contributed by atoms with Gasteiger partial charge in [0.25, 0.3) is 0 Å². The molecule has 2 aliphatic carbocycles. The molecule has 3 heterocycles. The SMILES string of the molecule is C1=CC(c2nc(-c3ccccc3)nc(-c3ccc(-c4ccc(N(C5=CC6Sc7ccccc7C6C=C5)c5ccccc5)cc4)c4c3oc3ccccc34)n2)=CCC1. The quantitative estimate of drug-likeness (QED) is 0.162. The van der Waals surface area contributed by atoms with Crippen LogP contribution in [0.4, 0.5) is 11.4 Å². The standard InChI is InChI=1S/C51H36N4OS/c1-4-14-34(15-5-1)49-52-50(35-16-6-2-7-17-35)54-51(53-49)43-31-30-39(47-42-21-10-12-22-44(42)56-48(43)47)33-24-26-37(27-25-33)55(36-18-8-3-9-19-36)38-28-29-41-40-20-11-13-23-45(40)57-46(41)32-38/h1,3-6,8-32,41,46H,2,7H2. The summed E-state index contributed by atoms with van der Waals surface area (Å²) in [4.78, 5) is 18.9. The normalized spacial score (nSPS) is 17.0. The molecule has 0 N–H and O–H groups in total. The fraction of sp³-hybridized carbons (Fsp3) is 0.0784. The summed E-state index contributed by atoms with van der Waals surface area (Å²) in [7, 11) is 0. The first kappa shape index (κ1) is 33.6. The molecule has 3 aliphatic rings. The number of nitrogens with zero attached hydrogens (tertiary/aromatic N) is 4. The van der Waals surface area contributed by atoms with E-state index in [1.54, 1.807) is 0 Å². The third-order valence-corrected chi connectivity index (χ3v) is 12.4. The van der Waals surface area contributed by atoms with Crippen molar-refractivity contribution in [1.82, 2.24) is 15.0 Å². The number of furan rings is 1. The highest BCUT2D eigenvalue weighted by Crippen LogP contribution is 2.50. The minimum Gasteiger partial charge on any atom is -0.455 e. The van der Waals surface area contributed by atoms with Crippen molar-refractivity contribution in [2.45, 2.75) is 28.9 Å². The molecule has 57 heavy (non-hydrogen) atoms. The summed E-state index contributed by atoms with van der Waals surface area (Å²) < 4.78 is 6.73. The van der Waals surface area contributed by atoms with Crippen molar-refractivity contribution in [3.05, 3.63) is 199 Å². The Morgan fingerprint density at radius 2 is 1.32 bits per heavy atom. The van der Waals surface area contributed by atoms with Gasteiger partial charge in [-0.1, -0.05) is 127 Å². The van der Waals surface area contributed by atoms with Gasteiger partial charge < -0.3 is 9.32 Å². The van der Waals surface area contributed by atoms with E-state index in [0.717, 1.165) is 74.0 Å². The summed E-state index contributed by atoms with van der Waals surface area (Å²) in [5, 5.41) is 2.45. The van der Waals surface area contributed by atoms with Crippen molar-refractivity contribution < 1.29 is 4.42 Å². The zero-order valence-electron chi connectivity index (χ0n) is 31.0. The first-order chi connectivity index (χ1) is 28.2. The highest BCUT2D eigenvalue weighted by molar-refractivity contribution is 8.00. The van der Waals surface area contributed by atoms with Crippen LogP contribution in [0.3, 0.4) is 0 Å². The predicted molar refractivity (Wildman–Crippen MR) is 234 cm³/mol. The number of fused-ring (bicyclic) bond motifs is 6. The monoisotopic (exact) mass is 752 g/mol. The second kappa shape index (κ2) is 14.1. The number of para-hydroxylation sites is 2. The largest absolute Gasteiger partial charge is 0.455 e. The van der Waals surface area contributed by atoms with Crippen LogP contribution in [0.15, 0.2) is 197 Å². The number of rotatable bonds is 7. The van der Waals surface area contributed by atoms with Crippen LogP contribution in [0.1, 0.15) is 30.1 Å². The molecule has 0 radical (unpaired) electrons. The van der Waals surface area contributed by atoms with Gasteiger partial charge in [-0.2, -0.15) is 0 Å². The lowest BCUT2D eigenvalue weighted by Gasteiger charge is -2.30. The topological polar surface area (TPSA) is 55.1 Å². The van der Waals surface area contributed by atoms with E-state index in [2.05, 4.69) is 144 Å². The summed E-state index contributed by atoms with van der Waals surface area (Å²) >= 11 is 1.96. The Hall–Kier alpha value is -6.76. The van der Waals surface area contributed by atoms with Gasteiger partial charge in [0.1, 0.15) is 11.2 Å². The molecule has 0 spiro atoms. The number of aromatic nitrogens is 3. The second-order valence-corrected chi connectivity index (χ2v) is 15.8. The fourth-order valence-corrected chi connectivity index (χ4v) is 9.75. The molecular weight excluding hydrogens is 717 g/mol. The van der Waals surface area contributed by atoms with E-state index in [0.29, 0.717) is 28.6 Å². The van der Waals surface area contributed by atoms with Gasteiger partial charge in [0.15, 0.2) is 17.5 Å². The molecule has 6 aromatic carbocycles. The molecule has 6 heteroatoms. The van der Waals surface area contributed by atoms with Gasteiger partial charge in [0.2, 0.25) is 0 Å². The summed E-state index contributed by atoms with van der Waals surface area (Å²) in [6.45, 7) is 0. The minimum atomic E-state index is 0.356. The molecule has 5 nitrogen and oxygen atoms in total. The minimum absolute atomic E-state index is 0.356. The Kier molecular flexibility index (Phi) is 8.29. The number of benzene rings is 6. The predicted octanol–water partition coefficient (Wildman–Crippen LogP) is 13.4. The Morgan fingerprint density at radius 1 is 0.596 bits per heavy atom. The van der Waals surface area contributed by atoms with Crippen molar-refractivity contribution in [3.63, 3.8) is 0 Å². The Balaban J connectivity index is 1.02. The van der Waals surface area contributed by atoms with Gasteiger partial charge in [0, 0.05) is 55.0 Å². The van der Waals surface area contributed by atoms with Crippen LogP contribution >= 0.6 is 11.8 Å². The van der Waals surface area contributed by atoms with Crippen LogP contribution in [-0.4, -0.2) is 20.2 Å². The zero-order valence-corrected chi connectivity index (χ0v) is 31.8. The first-order valence-electron chi connectivity index (χ1n) is 19.5. The van der Waals surface area contributed by atoms with Gasteiger partial charge in [0.05, 0.1) is 5.56 Å². The van der Waals surface area contributed by atoms with E-state index in [-0.39, 0.29) is 0 Å². The Bertz CT molecular complexity index is 2950. The first-order valence-corrected chi connectivity index (χ1v) is 20.4.